The Morgan fingerprint density at radius 3 is 2.86 bits per heavy atom. The van der Waals surface area contributed by atoms with Crippen molar-refractivity contribution in [3.8, 4) is 5.75 Å². The zero-order valence-corrected chi connectivity index (χ0v) is 12.9. The van der Waals surface area contributed by atoms with E-state index in [-0.39, 0.29) is 0 Å². The number of ether oxygens (including phenoxy) is 1. The maximum atomic E-state index is 10.4. The molecule has 2 atom stereocenters. The number of β-amino-alcohol motifs (C(OH)–C–C–N with tert-alkyl or cyclic N) is 1. The van der Waals surface area contributed by atoms with Crippen molar-refractivity contribution in [2.75, 3.05) is 39.8 Å². The summed E-state index contributed by atoms with van der Waals surface area (Å²) in [4.78, 5) is 5.02. The normalized spacial score (nSPS) is 25.3. The van der Waals surface area contributed by atoms with Crippen molar-refractivity contribution in [1.29, 1.82) is 0 Å². The Morgan fingerprint density at radius 2 is 2.10 bits per heavy atom. The van der Waals surface area contributed by atoms with Crippen LogP contribution in [0.1, 0.15) is 30.9 Å². The highest BCUT2D eigenvalue weighted by Gasteiger charge is 2.30. The summed E-state index contributed by atoms with van der Waals surface area (Å²) in [6.45, 7) is 5.44. The second-order valence-electron chi connectivity index (χ2n) is 6.24. The molecule has 4 heteroatoms. The summed E-state index contributed by atoms with van der Waals surface area (Å²) in [6, 6.07) is 8.45. The van der Waals surface area contributed by atoms with Gasteiger partial charge >= 0.3 is 0 Å². The molecular weight excluding hydrogens is 264 g/mol. The van der Waals surface area contributed by atoms with Gasteiger partial charge in [0.2, 0.25) is 0 Å². The molecule has 2 unspecified atom stereocenters. The number of rotatable bonds is 5. The first-order chi connectivity index (χ1) is 10.3. The van der Waals surface area contributed by atoms with Gasteiger partial charge < -0.3 is 9.84 Å². The number of aliphatic hydroxyl groups excluding tert-OH is 1. The van der Waals surface area contributed by atoms with E-state index in [2.05, 4.69) is 9.80 Å². The van der Waals surface area contributed by atoms with Gasteiger partial charge in [0.25, 0.3) is 0 Å². The summed E-state index contributed by atoms with van der Waals surface area (Å²) in [6.07, 6.45) is 3.51. The first-order valence-corrected chi connectivity index (χ1v) is 8.04. The lowest BCUT2D eigenvalue weighted by Gasteiger charge is -2.25. The molecule has 0 spiro atoms. The van der Waals surface area contributed by atoms with Crippen molar-refractivity contribution in [2.24, 2.45) is 0 Å². The maximum Gasteiger partial charge on any atom is 0.119 e. The van der Waals surface area contributed by atoms with E-state index in [1.165, 1.54) is 32.4 Å². The van der Waals surface area contributed by atoms with Gasteiger partial charge in [-0.3, -0.25) is 9.80 Å². The molecule has 2 aliphatic heterocycles. The van der Waals surface area contributed by atoms with Crippen LogP contribution in [-0.2, 0) is 0 Å². The van der Waals surface area contributed by atoms with E-state index in [1.807, 2.05) is 24.3 Å². The number of aliphatic hydroxyl groups is 1. The van der Waals surface area contributed by atoms with Gasteiger partial charge in [-0.1, -0.05) is 12.1 Å². The molecule has 3 rings (SSSR count). The molecule has 0 radical (unpaired) electrons. The van der Waals surface area contributed by atoms with Crippen molar-refractivity contribution < 1.29 is 9.84 Å². The molecule has 0 bridgehead atoms. The van der Waals surface area contributed by atoms with Gasteiger partial charge in [-0.2, -0.15) is 0 Å². The molecule has 2 aliphatic rings. The van der Waals surface area contributed by atoms with Crippen molar-refractivity contribution >= 4 is 0 Å². The predicted molar refractivity (Wildman–Crippen MR) is 83.6 cm³/mol. The van der Waals surface area contributed by atoms with Crippen LogP contribution in [0.5, 0.6) is 5.75 Å². The average molecular weight is 290 g/mol. The Bertz CT molecular complexity index is 460. The van der Waals surface area contributed by atoms with Crippen molar-refractivity contribution in [2.45, 2.75) is 31.4 Å². The molecule has 0 saturated carbocycles. The zero-order chi connectivity index (χ0) is 14.7. The fourth-order valence-corrected chi connectivity index (χ4v) is 3.58. The Balaban J connectivity index is 1.54. The van der Waals surface area contributed by atoms with Crippen LogP contribution in [0.3, 0.4) is 0 Å². The van der Waals surface area contributed by atoms with E-state index in [0.29, 0.717) is 6.04 Å². The molecule has 0 aromatic heterocycles. The molecule has 21 heavy (non-hydrogen) atoms. The quantitative estimate of drug-likeness (QED) is 0.898. The van der Waals surface area contributed by atoms with Crippen molar-refractivity contribution in [1.82, 2.24) is 9.80 Å². The maximum absolute atomic E-state index is 10.4. The molecule has 4 nitrogen and oxygen atoms in total. The molecule has 0 aliphatic carbocycles. The van der Waals surface area contributed by atoms with Gasteiger partial charge in [-0.15, -0.1) is 0 Å². The Kier molecular flexibility index (Phi) is 4.78. The highest BCUT2D eigenvalue weighted by atomic mass is 16.5. The summed E-state index contributed by atoms with van der Waals surface area (Å²) in [5.41, 5.74) is 0.943. The standard InChI is InChI=1S/C17H26N2O2/c1-21-16-6-4-5-14(11-16)17(20)13-18-10-7-15(12-18)19-8-2-3-9-19/h4-6,11,15,17,20H,2-3,7-10,12-13H2,1H3. The number of nitrogens with zero attached hydrogens (tertiary/aromatic N) is 2. The summed E-state index contributed by atoms with van der Waals surface area (Å²) in [5, 5.41) is 10.4. The van der Waals surface area contributed by atoms with E-state index >= 15 is 0 Å². The SMILES string of the molecule is COc1cccc(C(O)CN2CCC(N3CCCC3)C2)c1. The highest BCUT2D eigenvalue weighted by molar-refractivity contribution is 5.29. The van der Waals surface area contributed by atoms with Crippen LogP contribution in [0, 0.1) is 0 Å². The smallest absolute Gasteiger partial charge is 0.119 e. The Morgan fingerprint density at radius 1 is 1.29 bits per heavy atom. The molecular formula is C17H26N2O2. The minimum absolute atomic E-state index is 0.433. The lowest BCUT2D eigenvalue weighted by Crippen LogP contribution is -2.36. The van der Waals surface area contributed by atoms with Gasteiger partial charge in [-0.05, 0) is 56.6 Å². The molecule has 1 aromatic carbocycles. The van der Waals surface area contributed by atoms with Crippen molar-refractivity contribution in [3.63, 3.8) is 0 Å². The van der Waals surface area contributed by atoms with Gasteiger partial charge in [-0.25, -0.2) is 0 Å². The first kappa shape index (κ1) is 14.8. The second kappa shape index (κ2) is 6.77. The van der Waals surface area contributed by atoms with Crippen LogP contribution in [0.4, 0.5) is 0 Å². The monoisotopic (exact) mass is 290 g/mol. The molecule has 2 heterocycles. The zero-order valence-electron chi connectivity index (χ0n) is 12.9. The minimum Gasteiger partial charge on any atom is -0.497 e. The van der Waals surface area contributed by atoms with E-state index in [1.54, 1.807) is 7.11 Å². The van der Waals surface area contributed by atoms with E-state index < -0.39 is 6.10 Å². The van der Waals surface area contributed by atoms with Crippen LogP contribution in [0.2, 0.25) is 0 Å². The van der Waals surface area contributed by atoms with Crippen LogP contribution in [0.25, 0.3) is 0 Å². The first-order valence-electron chi connectivity index (χ1n) is 8.04. The van der Waals surface area contributed by atoms with Crippen molar-refractivity contribution in [3.05, 3.63) is 29.8 Å². The number of benzene rings is 1. The highest BCUT2D eigenvalue weighted by Crippen LogP contribution is 2.24. The second-order valence-corrected chi connectivity index (χ2v) is 6.24. The van der Waals surface area contributed by atoms with Gasteiger partial charge in [0.15, 0.2) is 0 Å². The third-order valence-electron chi connectivity index (χ3n) is 4.81. The Hall–Kier alpha value is -1.10. The fraction of sp³-hybridized carbons (Fsp3) is 0.647. The topological polar surface area (TPSA) is 35.9 Å². The summed E-state index contributed by atoms with van der Waals surface area (Å²) >= 11 is 0. The summed E-state index contributed by atoms with van der Waals surface area (Å²) in [5.74, 6) is 0.808. The molecule has 1 N–H and O–H groups in total. The van der Waals surface area contributed by atoms with Gasteiger partial charge in [0.05, 0.1) is 13.2 Å². The summed E-state index contributed by atoms with van der Waals surface area (Å²) in [7, 11) is 1.66. The number of hydrogen-bond donors (Lipinski definition) is 1. The molecule has 0 amide bonds. The number of hydrogen-bond acceptors (Lipinski definition) is 4. The van der Waals surface area contributed by atoms with E-state index in [9.17, 15) is 5.11 Å². The number of likely N-dealkylation sites (tertiary alicyclic amines) is 2. The number of methoxy groups -OCH3 is 1. The fourth-order valence-electron chi connectivity index (χ4n) is 3.58. The Labute approximate surface area is 127 Å². The average Bonchev–Trinajstić information content (AvgIpc) is 3.18. The molecule has 1 aromatic rings. The van der Waals surface area contributed by atoms with Gasteiger partial charge in [0.1, 0.15) is 5.75 Å². The largest absolute Gasteiger partial charge is 0.497 e. The third-order valence-corrected chi connectivity index (χ3v) is 4.81. The predicted octanol–water partition coefficient (Wildman–Crippen LogP) is 1.90. The van der Waals surface area contributed by atoms with E-state index in [4.69, 9.17) is 4.74 Å². The molecule has 116 valence electrons. The lowest BCUT2D eigenvalue weighted by atomic mass is 10.1. The molecule has 2 saturated heterocycles. The lowest BCUT2D eigenvalue weighted by molar-refractivity contribution is 0.120. The van der Waals surface area contributed by atoms with Gasteiger partial charge in [0, 0.05) is 19.1 Å². The van der Waals surface area contributed by atoms with Crippen LogP contribution in [-0.4, -0.2) is 60.8 Å². The van der Waals surface area contributed by atoms with Crippen LogP contribution in [0.15, 0.2) is 24.3 Å². The van der Waals surface area contributed by atoms with Crippen LogP contribution < -0.4 is 4.74 Å². The van der Waals surface area contributed by atoms with E-state index in [0.717, 1.165) is 30.9 Å². The van der Waals surface area contributed by atoms with Crippen LogP contribution >= 0.6 is 0 Å². The third kappa shape index (κ3) is 3.57. The minimum atomic E-state index is -0.433. The molecule has 2 fully saturated rings. The summed E-state index contributed by atoms with van der Waals surface area (Å²) < 4.78 is 5.23.